The number of ether oxygens (including phenoxy) is 1. The molecule has 0 rings (SSSR count). The summed E-state index contributed by atoms with van der Waals surface area (Å²) in [7, 11) is 0. The van der Waals surface area contributed by atoms with Gasteiger partial charge < -0.3 is 4.74 Å². The lowest BCUT2D eigenvalue weighted by Gasteiger charge is -2.15. The van der Waals surface area contributed by atoms with Crippen molar-refractivity contribution < 1.29 is 9.53 Å². The molecule has 2 nitrogen and oxygen atoms in total. The third-order valence-corrected chi connectivity index (χ3v) is 3.65. The lowest BCUT2D eigenvalue weighted by Crippen LogP contribution is -2.15. The molecule has 0 heterocycles. The smallest absolute Gasteiger partial charge is 0.302 e. The summed E-state index contributed by atoms with van der Waals surface area (Å²) >= 11 is 0. The molecule has 0 N–H and O–H groups in total. The summed E-state index contributed by atoms with van der Waals surface area (Å²) in [5.74, 6) is -0.155. The van der Waals surface area contributed by atoms with Gasteiger partial charge in [-0.2, -0.15) is 0 Å². The van der Waals surface area contributed by atoms with Crippen molar-refractivity contribution in [2.45, 2.75) is 97.0 Å². The van der Waals surface area contributed by atoms with Gasteiger partial charge in [-0.3, -0.25) is 4.79 Å². The molecule has 123 valence electrons. The lowest BCUT2D eigenvalue weighted by molar-refractivity contribution is -0.146. The van der Waals surface area contributed by atoms with Gasteiger partial charge in [-0.1, -0.05) is 70.9 Å². The first-order valence-corrected chi connectivity index (χ1v) is 8.82. The van der Waals surface area contributed by atoms with Crippen LogP contribution in [0, 0.1) is 6.92 Å². The Kier molecular flexibility index (Phi) is 15.0. The second-order valence-corrected chi connectivity index (χ2v) is 5.84. The minimum Gasteiger partial charge on any atom is -0.462 e. The summed E-state index contributed by atoms with van der Waals surface area (Å²) in [5.41, 5.74) is 0. The molecule has 0 amide bonds. The summed E-state index contributed by atoms with van der Waals surface area (Å²) in [6.45, 7) is 7.57. The van der Waals surface area contributed by atoms with Crippen LogP contribution in [-0.2, 0) is 9.53 Å². The zero-order valence-electron chi connectivity index (χ0n) is 14.2. The van der Waals surface area contributed by atoms with Crippen LogP contribution in [0.5, 0.6) is 0 Å². The maximum absolute atomic E-state index is 11.1. The van der Waals surface area contributed by atoms with Crippen molar-refractivity contribution in [3.63, 3.8) is 0 Å². The molecule has 21 heavy (non-hydrogen) atoms. The van der Waals surface area contributed by atoms with E-state index in [0.717, 1.165) is 32.1 Å². The van der Waals surface area contributed by atoms with Gasteiger partial charge in [0.1, 0.15) is 6.10 Å². The fourth-order valence-corrected chi connectivity index (χ4v) is 2.42. The van der Waals surface area contributed by atoms with Crippen LogP contribution in [0.2, 0.25) is 0 Å². The molecule has 0 spiro atoms. The van der Waals surface area contributed by atoms with Crippen LogP contribution in [0.3, 0.4) is 0 Å². The van der Waals surface area contributed by atoms with Gasteiger partial charge in [0, 0.05) is 13.3 Å². The van der Waals surface area contributed by atoms with Crippen molar-refractivity contribution in [3.05, 3.63) is 19.1 Å². The van der Waals surface area contributed by atoms with Gasteiger partial charge in [0.25, 0.3) is 0 Å². The molecule has 0 aromatic heterocycles. The summed E-state index contributed by atoms with van der Waals surface area (Å²) in [6.07, 6.45) is 18.6. The van der Waals surface area contributed by atoms with Crippen LogP contribution in [0.25, 0.3) is 0 Å². The SMILES string of the molecule is [CH2]CCCCCCC=CCC(CCCCCC)OC(C)=O. The first-order chi connectivity index (χ1) is 10.2. The topological polar surface area (TPSA) is 26.3 Å². The molecule has 1 radical (unpaired) electrons. The molecule has 0 aromatic carbocycles. The largest absolute Gasteiger partial charge is 0.462 e. The Morgan fingerprint density at radius 1 is 1.05 bits per heavy atom. The third kappa shape index (κ3) is 15.4. The van der Waals surface area contributed by atoms with Crippen molar-refractivity contribution in [3.8, 4) is 0 Å². The first kappa shape index (κ1) is 20.2. The Balaban J connectivity index is 3.75. The van der Waals surface area contributed by atoms with Crippen molar-refractivity contribution in [1.82, 2.24) is 0 Å². The molecule has 0 saturated carbocycles. The molecule has 1 unspecified atom stereocenters. The predicted molar refractivity (Wildman–Crippen MR) is 91.1 cm³/mol. The molecule has 0 bridgehead atoms. The van der Waals surface area contributed by atoms with E-state index in [2.05, 4.69) is 26.0 Å². The quantitative estimate of drug-likeness (QED) is 0.223. The number of unbranched alkanes of at least 4 members (excludes halogenated alkanes) is 8. The van der Waals surface area contributed by atoms with Crippen molar-refractivity contribution in [2.75, 3.05) is 0 Å². The van der Waals surface area contributed by atoms with Gasteiger partial charge >= 0.3 is 5.97 Å². The van der Waals surface area contributed by atoms with Crippen molar-refractivity contribution >= 4 is 5.97 Å². The first-order valence-electron chi connectivity index (χ1n) is 8.82. The molecule has 0 aliphatic heterocycles. The fourth-order valence-electron chi connectivity index (χ4n) is 2.42. The van der Waals surface area contributed by atoms with E-state index in [1.807, 2.05) is 0 Å². The Bertz CT molecular complexity index is 258. The zero-order chi connectivity index (χ0) is 15.8. The monoisotopic (exact) mass is 295 g/mol. The summed E-state index contributed by atoms with van der Waals surface area (Å²) in [6, 6.07) is 0. The Hall–Kier alpha value is -0.790. The van der Waals surface area contributed by atoms with E-state index in [-0.39, 0.29) is 12.1 Å². The van der Waals surface area contributed by atoms with Crippen LogP contribution in [0.4, 0.5) is 0 Å². The van der Waals surface area contributed by atoms with Gasteiger partial charge in [-0.15, -0.1) is 0 Å². The molecule has 0 aliphatic rings. The third-order valence-electron chi connectivity index (χ3n) is 3.65. The van der Waals surface area contributed by atoms with Crippen LogP contribution in [0.15, 0.2) is 12.2 Å². The van der Waals surface area contributed by atoms with Crippen LogP contribution in [-0.4, -0.2) is 12.1 Å². The highest BCUT2D eigenvalue weighted by Gasteiger charge is 2.09. The van der Waals surface area contributed by atoms with E-state index in [9.17, 15) is 4.79 Å². The number of rotatable bonds is 14. The summed E-state index contributed by atoms with van der Waals surface area (Å²) in [5, 5.41) is 0. The standard InChI is InChI=1S/C19H35O2/c1-4-6-8-10-11-12-13-15-17-19(21-18(3)20)16-14-9-7-5-2/h13,15,19H,1,4-12,14,16-17H2,2-3H3. The average molecular weight is 295 g/mol. The van der Waals surface area contributed by atoms with Crippen LogP contribution >= 0.6 is 0 Å². The highest BCUT2D eigenvalue weighted by molar-refractivity contribution is 5.66. The number of carbonyl (C=O) groups is 1. The van der Waals surface area contributed by atoms with Crippen molar-refractivity contribution in [2.24, 2.45) is 0 Å². The van der Waals surface area contributed by atoms with E-state index in [0.29, 0.717) is 0 Å². The maximum Gasteiger partial charge on any atom is 0.302 e. The summed E-state index contributed by atoms with van der Waals surface area (Å²) in [4.78, 5) is 11.1. The minimum atomic E-state index is -0.155. The van der Waals surface area contributed by atoms with E-state index in [1.54, 1.807) is 0 Å². The molecule has 0 fully saturated rings. The Labute approximate surface area is 132 Å². The number of esters is 1. The molecule has 0 aliphatic carbocycles. The van der Waals surface area contributed by atoms with Crippen molar-refractivity contribution in [1.29, 1.82) is 0 Å². The highest BCUT2D eigenvalue weighted by atomic mass is 16.5. The van der Waals surface area contributed by atoms with Crippen LogP contribution < -0.4 is 0 Å². The number of hydrogen-bond donors (Lipinski definition) is 0. The molecule has 0 saturated heterocycles. The molecule has 1 atom stereocenters. The lowest BCUT2D eigenvalue weighted by atomic mass is 10.1. The predicted octanol–water partition coefficient (Wildman–Crippen LogP) is 6.01. The number of allylic oxidation sites excluding steroid dienone is 1. The second-order valence-electron chi connectivity index (χ2n) is 5.84. The normalized spacial score (nSPS) is 12.7. The average Bonchev–Trinajstić information content (AvgIpc) is 2.45. The zero-order valence-corrected chi connectivity index (χ0v) is 14.2. The molecular formula is C19H35O2. The van der Waals surface area contributed by atoms with E-state index >= 15 is 0 Å². The van der Waals surface area contributed by atoms with E-state index < -0.39 is 0 Å². The molecule has 0 aromatic rings. The molecule has 2 heteroatoms. The second kappa shape index (κ2) is 15.6. The van der Waals surface area contributed by atoms with Gasteiger partial charge in [-0.25, -0.2) is 0 Å². The number of carbonyl (C=O) groups excluding carboxylic acids is 1. The fraction of sp³-hybridized carbons (Fsp3) is 0.789. The number of hydrogen-bond acceptors (Lipinski definition) is 2. The van der Waals surface area contributed by atoms with Gasteiger partial charge in [0.2, 0.25) is 0 Å². The van der Waals surface area contributed by atoms with Crippen LogP contribution in [0.1, 0.15) is 90.9 Å². The minimum absolute atomic E-state index is 0.0711. The van der Waals surface area contributed by atoms with E-state index in [4.69, 9.17) is 4.74 Å². The van der Waals surface area contributed by atoms with Gasteiger partial charge in [0.05, 0.1) is 0 Å². The summed E-state index contributed by atoms with van der Waals surface area (Å²) < 4.78 is 5.39. The van der Waals surface area contributed by atoms with E-state index in [1.165, 1.54) is 51.9 Å². The maximum atomic E-state index is 11.1. The van der Waals surface area contributed by atoms with Gasteiger partial charge in [-0.05, 0) is 25.7 Å². The molecular weight excluding hydrogens is 260 g/mol. The highest BCUT2D eigenvalue weighted by Crippen LogP contribution is 2.13. The Morgan fingerprint density at radius 3 is 2.43 bits per heavy atom. The Morgan fingerprint density at radius 2 is 1.76 bits per heavy atom. The van der Waals surface area contributed by atoms with Gasteiger partial charge in [0.15, 0.2) is 0 Å².